The average Bonchev–Trinajstić information content (AvgIpc) is 2.26. The molecule has 0 fully saturated rings. The molecule has 0 aliphatic rings. The number of likely N-dealkylation sites (N-methyl/N-ethyl adjacent to an activating group) is 1. The molecule has 18 heavy (non-hydrogen) atoms. The summed E-state index contributed by atoms with van der Waals surface area (Å²) in [4.78, 5) is 2.07. The van der Waals surface area contributed by atoms with Crippen molar-refractivity contribution in [2.24, 2.45) is 0 Å². The van der Waals surface area contributed by atoms with Crippen molar-refractivity contribution in [2.45, 2.75) is 27.7 Å². The molecule has 0 aliphatic carbocycles. The Bertz CT molecular complexity index is 506. The van der Waals surface area contributed by atoms with E-state index in [2.05, 4.69) is 56.2 Å². The van der Waals surface area contributed by atoms with E-state index in [4.69, 9.17) is 0 Å². The fourth-order valence-electron chi connectivity index (χ4n) is 1.85. The Morgan fingerprint density at radius 3 is 2.22 bits per heavy atom. The molecule has 1 rings (SSSR count). The van der Waals surface area contributed by atoms with Gasteiger partial charge in [-0.25, -0.2) is 0 Å². The smallest absolute Gasteiger partial charge is 0.0435 e. The summed E-state index contributed by atoms with van der Waals surface area (Å²) in [6, 6.07) is 6.48. The number of allylic oxidation sites excluding steroid dienone is 2. The van der Waals surface area contributed by atoms with E-state index in [1.54, 1.807) is 0 Å². The Labute approximate surface area is 111 Å². The maximum Gasteiger partial charge on any atom is 0.0435 e. The second-order valence-electron chi connectivity index (χ2n) is 4.96. The topological polar surface area (TPSA) is 3.24 Å². The van der Waals surface area contributed by atoms with Gasteiger partial charge in [0, 0.05) is 18.4 Å². The van der Waals surface area contributed by atoms with Crippen LogP contribution in [0.5, 0.6) is 0 Å². The first-order chi connectivity index (χ1) is 8.32. The summed E-state index contributed by atoms with van der Waals surface area (Å²) in [5, 5.41) is 0. The van der Waals surface area contributed by atoms with Crippen molar-refractivity contribution in [1.29, 1.82) is 0 Å². The second-order valence-corrected chi connectivity index (χ2v) is 4.96. The minimum Gasteiger partial charge on any atom is -0.349 e. The highest BCUT2D eigenvalue weighted by atomic mass is 15.1. The molecule has 1 heteroatoms. The van der Waals surface area contributed by atoms with Crippen LogP contribution in [0.4, 0.5) is 0 Å². The molecule has 1 aromatic carbocycles. The van der Waals surface area contributed by atoms with Crippen LogP contribution in [0.2, 0.25) is 0 Å². The summed E-state index contributed by atoms with van der Waals surface area (Å²) in [6.45, 7) is 16.3. The van der Waals surface area contributed by atoms with Crippen LogP contribution in [0.1, 0.15) is 30.5 Å². The third kappa shape index (κ3) is 3.36. The van der Waals surface area contributed by atoms with E-state index in [0.717, 1.165) is 17.0 Å². The van der Waals surface area contributed by atoms with Gasteiger partial charge < -0.3 is 4.90 Å². The Kier molecular flexibility index (Phi) is 4.55. The van der Waals surface area contributed by atoms with E-state index in [1.165, 1.54) is 16.7 Å². The first-order valence-electron chi connectivity index (χ1n) is 6.17. The molecule has 0 aliphatic heterocycles. The van der Waals surface area contributed by atoms with Gasteiger partial charge in [0.15, 0.2) is 0 Å². The van der Waals surface area contributed by atoms with Gasteiger partial charge in [0.1, 0.15) is 0 Å². The van der Waals surface area contributed by atoms with Crippen molar-refractivity contribution in [3.8, 4) is 0 Å². The van der Waals surface area contributed by atoms with Crippen molar-refractivity contribution >= 4 is 6.08 Å². The van der Waals surface area contributed by atoms with Crippen LogP contribution in [0, 0.1) is 13.8 Å². The highest BCUT2D eigenvalue weighted by Crippen LogP contribution is 2.21. The molecule has 96 valence electrons. The quantitative estimate of drug-likeness (QED) is 0.691. The lowest BCUT2D eigenvalue weighted by Crippen LogP contribution is -2.15. The average molecular weight is 241 g/mol. The van der Waals surface area contributed by atoms with Gasteiger partial charge in [-0.1, -0.05) is 36.9 Å². The van der Waals surface area contributed by atoms with Crippen LogP contribution < -0.4 is 0 Å². The summed E-state index contributed by atoms with van der Waals surface area (Å²) in [5.41, 5.74) is 6.95. The van der Waals surface area contributed by atoms with Crippen molar-refractivity contribution in [3.63, 3.8) is 0 Å². The number of benzene rings is 1. The monoisotopic (exact) mass is 241 g/mol. The van der Waals surface area contributed by atoms with E-state index >= 15 is 0 Å². The molecule has 0 spiro atoms. The maximum atomic E-state index is 4.05. The largest absolute Gasteiger partial charge is 0.349 e. The molecular formula is C17H23N. The molecule has 0 aromatic heterocycles. The SMILES string of the molecule is C=C(C)/C(=C/c1ccc(C)cc1C)N(C)C(=C)C. The second kappa shape index (κ2) is 5.72. The maximum absolute atomic E-state index is 4.05. The molecular weight excluding hydrogens is 218 g/mol. The van der Waals surface area contributed by atoms with Crippen molar-refractivity contribution in [1.82, 2.24) is 4.90 Å². The first-order valence-corrected chi connectivity index (χ1v) is 6.17. The summed E-state index contributed by atoms with van der Waals surface area (Å²) in [5.74, 6) is 0. The molecule has 0 amide bonds. The summed E-state index contributed by atoms with van der Waals surface area (Å²) in [6.07, 6.45) is 2.17. The standard InChI is InChI=1S/C17H23N/c1-12(2)17(18(7)13(3)4)11-16-9-8-14(5)10-15(16)6/h8-11H,1,3H2,2,4-7H3/b17-11-. The molecule has 0 atom stereocenters. The third-order valence-corrected chi connectivity index (χ3v) is 3.09. The van der Waals surface area contributed by atoms with E-state index in [9.17, 15) is 0 Å². The fourth-order valence-corrected chi connectivity index (χ4v) is 1.85. The minimum atomic E-state index is 1.01. The molecule has 0 bridgehead atoms. The summed E-state index contributed by atoms with van der Waals surface area (Å²) >= 11 is 0. The first kappa shape index (κ1) is 14.3. The fraction of sp³-hybridized carbons (Fsp3) is 0.294. The van der Waals surface area contributed by atoms with Gasteiger partial charge in [-0.3, -0.25) is 0 Å². The highest BCUT2D eigenvalue weighted by molar-refractivity contribution is 5.60. The zero-order chi connectivity index (χ0) is 13.9. The minimum absolute atomic E-state index is 1.01. The number of nitrogens with zero attached hydrogens (tertiary/aromatic N) is 1. The summed E-state index contributed by atoms with van der Waals surface area (Å²) < 4.78 is 0. The van der Waals surface area contributed by atoms with Gasteiger partial charge in [-0.15, -0.1) is 0 Å². The lowest BCUT2D eigenvalue weighted by molar-refractivity contribution is 0.537. The normalized spacial score (nSPS) is 11.3. The van der Waals surface area contributed by atoms with E-state index < -0.39 is 0 Å². The molecule has 1 nitrogen and oxygen atoms in total. The van der Waals surface area contributed by atoms with Crippen molar-refractivity contribution < 1.29 is 0 Å². The Morgan fingerprint density at radius 2 is 1.78 bits per heavy atom. The van der Waals surface area contributed by atoms with Gasteiger partial charge in [0.2, 0.25) is 0 Å². The number of hydrogen-bond donors (Lipinski definition) is 0. The summed E-state index contributed by atoms with van der Waals surface area (Å²) in [7, 11) is 2.02. The van der Waals surface area contributed by atoms with Crippen LogP contribution in [0.25, 0.3) is 6.08 Å². The molecule has 1 aromatic rings. The van der Waals surface area contributed by atoms with Crippen LogP contribution >= 0.6 is 0 Å². The molecule has 0 radical (unpaired) electrons. The number of aryl methyl sites for hydroxylation is 2. The molecule has 0 N–H and O–H groups in total. The van der Waals surface area contributed by atoms with E-state index in [0.29, 0.717) is 0 Å². The van der Waals surface area contributed by atoms with Crippen molar-refractivity contribution in [3.05, 3.63) is 65.0 Å². The molecule has 0 saturated heterocycles. The number of hydrogen-bond acceptors (Lipinski definition) is 1. The lowest BCUT2D eigenvalue weighted by atomic mass is 10.0. The van der Waals surface area contributed by atoms with Crippen molar-refractivity contribution in [2.75, 3.05) is 7.05 Å². The Morgan fingerprint density at radius 1 is 1.17 bits per heavy atom. The predicted molar refractivity (Wildman–Crippen MR) is 81.3 cm³/mol. The third-order valence-electron chi connectivity index (χ3n) is 3.09. The van der Waals surface area contributed by atoms with Gasteiger partial charge in [-0.2, -0.15) is 0 Å². The Balaban J connectivity index is 3.24. The molecule has 0 unspecified atom stereocenters. The van der Waals surface area contributed by atoms with Crippen LogP contribution in [0.3, 0.4) is 0 Å². The Hall–Kier alpha value is -1.76. The van der Waals surface area contributed by atoms with Crippen LogP contribution in [-0.4, -0.2) is 11.9 Å². The van der Waals surface area contributed by atoms with E-state index in [-0.39, 0.29) is 0 Å². The molecule has 0 heterocycles. The van der Waals surface area contributed by atoms with Gasteiger partial charge in [0.05, 0.1) is 0 Å². The zero-order valence-electron chi connectivity index (χ0n) is 12.2. The predicted octanol–water partition coefficient (Wildman–Crippen LogP) is 4.69. The van der Waals surface area contributed by atoms with Gasteiger partial charge >= 0.3 is 0 Å². The van der Waals surface area contributed by atoms with Crippen LogP contribution in [0.15, 0.2) is 48.3 Å². The molecule has 0 saturated carbocycles. The van der Waals surface area contributed by atoms with E-state index in [1.807, 2.05) is 20.9 Å². The lowest BCUT2D eigenvalue weighted by Gasteiger charge is -2.23. The van der Waals surface area contributed by atoms with Gasteiger partial charge in [-0.05, 0) is 50.5 Å². The highest BCUT2D eigenvalue weighted by Gasteiger charge is 2.07. The number of rotatable bonds is 4. The van der Waals surface area contributed by atoms with Crippen LogP contribution in [-0.2, 0) is 0 Å². The zero-order valence-corrected chi connectivity index (χ0v) is 12.2. The van der Waals surface area contributed by atoms with Gasteiger partial charge in [0.25, 0.3) is 0 Å².